The molecule has 0 radical (unpaired) electrons. The van der Waals surface area contributed by atoms with Crippen molar-refractivity contribution >= 4 is 23.6 Å². The van der Waals surface area contributed by atoms with Crippen molar-refractivity contribution in [2.75, 3.05) is 31.2 Å². The highest BCUT2D eigenvalue weighted by atomic mass is 32.2. The molecule has 1 heterocycles. The van der Waals surface area contributed by atoms with Gasteiger partial charge < -0.3 is 9.64 Å². The highest BCUT2D eigenvalue weighted by Gasteiger charge is 2.18. The van der Waals surface area contributed by atoms with E-state index in [1.165, 1.54) is 0 Å². The van der Waals surface area contributed by atoms with Crippen LogP contribution in [0.5, 0.6) is 0 Å². The normalized spacial score (nSPS) is 16.9. The summed E-state index contributed by atoms with van der Waals surface area (Å²) in [4.78, 5) is 24.1. The summed E-state index contributed by atoms with van der Waals surface area (Å²) in [7, 11) is 0. The van der Waals surface area contributed by atoms with E-state index in [2.05, 4.69) is 0 Å². The van der Waals surface area contributed by atoms with Crippen LogP contribution in [-0.4, -0.2) is 48.0 Å². The lowest BCUT2D eigenvalue weighted by molar-refractivity contribution is -0.143. The van der Waals surface area contributed by atoms with Crippen LogP contribution in [0.3, 0.4) is 0 Å². The second kappa shape index (κ2) is 5.90. The third-order valence-corrected chi connectivity index (χ3v) is 2.90. The molecule has 0 aromatic heterocycles. The summed E-state index contributed by atoms with van der Waals surface area (Å²) in [6.45, 7) is 3.43. The second-order valence-electron chi connectivity index (χ2n) is 2.99. The number of hydrogen-bond acceptors (Lipinski definition) is 4. The first-order valence-electron chi connectivity index (χ1n) is 4.75. The topological polar surface area (TPSA) is 46.6 Å². The number of ether oxygens (including phenoxy) is 1. The van der Waals surface area contributed by atoms with Crippen molar-refractivity contribution in [1.82, 2.24) is 4.90 Å². The summed E-state index contributed by atoms with van der Waals surface area (Å²) in [5.74, 6) is 1.42. The van der Waals surface area contributed by atoms with Gasteiger partial charge in [0.2, 0.25) is 5.91 Å². The molecule has 80 valence electrons. The zero-order chi connectivity index (χ0) is 10.4. The van der Waals surface area contributed by atoms with E-state index in [0.717, 1.165) is 12.3 Å². The predicted octanol–water partition coefficient (Wildman–Crippen LogP) is 0.515. The fourth-order valence-electron chi connectivity index (χ4n) is 1.25. The van der Waals surface area contributed by atoms with Crippen LogP contribution in [-0.2, 0) is 14.3 Å². The van der Waals surface area contributed by atoms with E-state index < -0.39 is 0 Å². The molecule has 0 saturated carbocycles. The molecule has 1 aliphatic rings. The number of amides is 1. The number of nitrogens with zero attached hydrogens (tertiary/aromatic N) is 1. The van der Waals surface area contributed by atoms with Crippen molar-refractivity contribution < 1.29 is 14.3 Å². The van der Waals surface area contributed by atoms with Gasteiger partial charge in [0.15, 0.2) is 0 Å². The lowest BCUT2D eigenvalue weighted by Crippen LogP contribution is -2.39. The number of hydrogen-bond donors (Lipinski definition) is 0. The zero-order valence-corrected chi connectivity index (χ0v) is 9.14. The first kappa shape index (κ1) is 11.4. The third kappa shape index (κ3) is 3.57. The molecule has 0 N–H and O–H groups in total. The molecule has 1 fully saturated rings. The maximum absolute atomic E-state index is 11.3. The van der Waals surface area contributed by atoms with Crippen LogP contribution in [0.1, 0.15) is 13.3 Å². The summed E-state index contributed by atoms with van der Waals surface area (Å²) in [6.07, 6.45) is 0.310. The van der Waals surface area contributed by atoms with Crippen LogP contribution < -0.4 is 0 Å². The average Bonchev–Trinajstić information content (AvgIpc) is 2.17. The maximum Gasteiger partial charge on any atom is 0.307 e. The van der Waals surface area contributed by atoms with Gasteiger partial charge in [0, 0.05) is 18.8 Å². The molecule has 0 aromatic carbocycles. The zero-order valence-electron chi connectivity index (χ0n) is 8.32. The smallest absolute Gasteiger partial charge is 0.307 e. The molecule has 0 aromatic rings. The standard InChI is InChI=1S/C9H15NO3S/c1-2-13-9(12)3-4-10-5-6-14-7-8(10)11/h2-7H2,1H3. The van der Waals surface area contributed by atoms with Crippen molar-refractivity contribution in [3.63, 3.8) is 0 Å². The van der Waals surface area contributed by atoms with Crippen molar-refractivity contribution in [2.24, 2.45) is 0 Å². The lowest BCUT2D eigenvalue weighted by atomic mass is 10.3. The highest BCUT2D eigenvalue weighted by molar-refractivity contribution is 8.00. The van der Waals surface area contributed by atoms with E-state index in [9.17, 15) is 9.59 Å². The average molecular weight is 217 g/mol. The summed E-state index contributed by atoms with van der Waals surface area (Å²) in [5.41, 5.74) is 0. The van der Waals surface area contributed by atoms with Gasteiger partial charge in [0.1, 0.15) is 0 Å². The molecule has 1 saturated heterocycles. The van der Waals surface area contributed by atoms with Gasteiger partial charge in [-0.3, -0.25) is 9.59 Å². The van der Waals surface area contributed by atoms with Gasteiger partial charge in [-0.25, -0.2) is 0 Å². The van der Waals surface area contributed by atoms with Gasteiger partial charge in [-0.05, 0) is 6.92 Å². The largest absolute Gasteiger partial charge is 0.466 e. The van der Waals surface area contributed by atoms with Crippen molar-refractivity contribution in [3.05, 3.63) is 0 Å². The Morgan fingerprint density at radius 1 is 1.64 bits per heavy atom. The van der Waals surface area contributed by atoms with Crippen LogP contribution in [0.15, 0.2) is 0 Å². The van der Waals surface area contributed by atoms with Crippen LogP contribution in [0, 0.1) is 0 Å². The van der Waals surface area contributed by atoms with E-state index in [1.807, 2.05) is 0 Å². The molecule has 0 atom stereocenters. The van der Waals surface area contributed by atoms with Gasteiger partial charge in [-0.15, -0.1) is 0 Å². The molecule has 4 nitrogen and oxygen atoms in total. The summed E-state index contributed by atoms with van der Waals surface area (Å²) >= 11 is 1.64. The Labute approximate surface area is 88.0 Å². The maximum atomic E-state index is 11.3. The van der Waals surface area contributed by atoms with Gasteiger partial charge in [0.05, 0.1) is 18.8 Å². The van der Waals surface area contributed by atoms with Crippen molar-refractivity contribution in [3.8, 4) is 0 Å². The van der Waals surface area contributed by atoms with E-state index in [1.54, 1.807) is 23.6 Å². The Bertz CT molecular complexity index is 220. The molecule has 1 aliphatic heterocycles. The van der Waals surface area contributed by atoms with Crippen LogP contribution in [0.4, 0.5) is 0 Å². The van der Waals surface area contributed by atoms with Gasteiger partial charge in [-0.2, -0.15) is 11.8 Å². The minimum atomic E-state index is -0.224. The SMILES string of the molecule is CCOC(=O)CCN1CCSCC1=O. The Morgan fingerprint density at radius 3 is 3.07 bits per heavy atom. The Hall–Kier alpha value is -0.710. The molecular formula is C9H15NO3S. The van der Waals surface area contributed by atoms with E-state index in [0.29, 0.717) is 25.3 Å². The quantitative estimate of drug-likeness (QED) is 0.644. The van der Waals surface area contributed by atoms with E-state index in [4.69, 9.17) is 4.74 Å². The monoisotopic (exact) mass is 217 g/mol. The molecule has 0 bridgehead atoms. The molecule has 5 heteroatoms. The van der Waals surface area contributed by atoms with Gasteiger partial charge >= 0.3 is 5.97 Å². The number of rotatable bonds is 4. The molecule has 0 unspecified atom stereocenters. The molecule has 0 spiro atoms. The lowest BCUT2D eigenvalue weighted by Gasteiger charge is -2.25. The van der Waals surface area contributed by atoms with Crippen molar-refractivity contribution in [1.29, 1.82) is 0 Å². The number of esters is 1. The molecular weight excluding hydrogens is 202 g/mol. The van der Waals surface area contributed by atoms with E-state index in [-0.39, 0.29) is 11.9 Å². The van der Waals surface area contributed by atoms with Gasteiger partial charge in [0.25, 0.3) is 0 Å². The minimum Gasteiger partial charge on any atom is -0.466 e. The van der Waals surface area contributed by atoms with Crippen molar-refractivity contribution in [2.45, 2.75) is 13.3 Å². The first-order valence-corrected chi connectivity index (χ1v) is 5.90. The fourth-order valence-corrected chi connectivity index (χ4v) is 2.10. The van der Waals surface area contributed by atoms with Crippen LogP contribution >= 0.6 is 11.8 Å². The summed E-state index contributed by atoms with van der Waals surface area (Å²) < 4.78 is 4.79. The van der Waals surface area contributed by atoms with E-state index >= 15 is 0 Å². The molecule has 1 rings (SSSR count). The summed E-state index contributed by atoms with van der Waals surface area (Å²) in [6, 6.07) is 0. The first-order chi connectivity index (χ1) is 6.74. The van der Waals surface area contributed by atoms with Gasteiger partial charge in [-0.1, -0.05) is 0 Å². The Balaban J connectivity index is 2.22. The minimum absolute atomic E-state index is 0.130. The number of carbonyl (C=O) groups is 2. The highest BCUT2D eigenvalue weighted by Crippen LogP contribution is 2.10. The second-order valence-corrected chi connectivity index (χ2v) is 4.09. The third-order valence-electron chi connectivity index (χ3n) is 1.97. The van der Waals surface area contributed by atoms with Crippen LogP contribution in [0.2, 0.25) is 0 Å². The Morgan fingerprint density at radius 2 is 2.43 bits per heavy atom. The number of carbonyl (C=O) groups excluding carboxylic acids is 2. The molecule has 0 aliphatic carbocycles. The number of thioether (sulfide) groups is 1. The Kier molecular flexibility index (Phi) is 4.79. The predicted molar refractivity (Wildman–Crippen MR) is 55.2 cm³/mol. The molecule has 14 heavy (non-hydrogen) atoms. The summed E-state index contributed by atoms with van der Waals surface area (Å²) in [5, 5.41) is 0. The molecule has 1 amide bonds. The fraction of sp³-hybridized carbons (Fsp3) is 0.778. The van der Waals surface area contributed by atoms with Crippen LogP contribution in [0.25, 0.3) is 0 Å².